The monoisotopic (exact) mass is 186 g/mol. The zero-order chi connectivity index (χ0) is 10.3. The number of urea groups is 1. The van der Waals surface area contributed by atoms with E-state index < -0.39 is 0 Å². The van der Waals surface area contributed by atoms with Crippen molar-refractivity contribution < 1.29 is 4.79 Å². The highest BCUT2D eigenvalue weighted by atomic mass is 16.2. The number of rotatable bonds is 5. The Morgan fingerprint density at radius 2 is 2.08 bits per heavy atom. The first-order valence-corrected chi connectivity index (χ1v) is 5.15. The van der Waals surface area contributed by atoms with Crippen molar-refractivity contribution in [3.8, 4) is 0 Å². The molecule has 2 amide bonds. The average Bonchev–Trinajstić information content (AvgIpc) is 2.17. The molecule has 0 aromatic rings. The quantitative estimate of drug-likeness (QED) is 0.701. The van der Waals surface area contributed by atoms with Crippen LogP contribution in [0.3, 0.4) is 0 Å². The maximum absolute atomic E-state index is 11.4. The van der Waals surface area contributed by atoms with E-state index in [1.165, 1.54) is 0 Å². The second-order valence-corrected chi connectivity index (χ2v) is 3.36. The largest absolute Gasteiger partial charge is 0.341 e. The van der Waals surface area contributed by atoms with Crippen LogP contribution in [0.15, 0.2) is 0 Å². The fourth-order valence-electron chi connectivity index (χ4n) is 1.21. The summed E-state index contributed by atoms with van der Waals surface area (Å²) in [5.41, 5.74) is 0. The van der Waals surface area contributed by atoms with Gasteiger partial charge in [-0.05, 0) is 19.8 Å². The van der Waals surface area contributed by atoms with E-state index >= 15 is 0 Å². The van der Waals surface area contributed by atoms with Crippen molar-refractivity contribution in [3.63, 3.8) is 0 Å². The molecule has 1 atom stereocenters. The molecule has 0 heterocycles. The van der Waals surface area contributed by atoms with Gasteiger partial charge in [0.1, 0.15) is 0 Å². The fourth-order valence-corrected chi connectivity index (χ4v) is 1.21. The first-order valence-electron chi connectivity index (χ1n) is 5.15. The number of carbonyl (C=O) groups excluding carboxylic acids is 1. The van der Waals surface area contributed by atoms with Gasteiger partial charge in [-0.15, -0.1) is 0 Å². The lowest BCUT2D eigenvalue weighted by atomic mass is 10.2. The molecule has 1 N–H and O–H groups in total. The van der Waals surface area contributed by atoms with Crippen molar-refractivity contribution >= 4 is 6.03 Å². The highest BCUT2D eigenvalue weighted by Gasteiger charge is 2.16. The van der Waals surface area contributed by atoms with Gasteiger partial charge in [-0.3, -0.25) is 0 Å². The van der Waals surface area contributed by atoms with Gasteiger partial charge in [0.15, 0.2) is 0 Å². The lowest BCUT2D eigenvalue weighted by Crippen LogP contribution is -2.44. The van der Waals surface area contributed by atoms with Crippen LogP contribution in [0.1, 0.15) is 40.0 Å². The normalized spacial score (nSPS) is 12.3. The minimum atomic E-state index is 0.0443. The van der Waals surface area contributed by atoms with Crippen molar-refractivity contribution in [2.24, 2.45) is 0 Å². The number of hydrogen-bond acceptors (Lipinski definition) is 1. The Labute approximate surface area is 81.5 Å². The van der Waals surface area contributed by atoms with E-state index in [2.05, 4.69) is 26.1 Å². The third-order valence-electron chi connectivity index (χ3n) is 2.35. The van der Waals surface area contributed by atoms with Crippen LogP contribution in [0, 0.1) is 0 Å². The molecule has 0 bridgehead atoms. The Morgan fingerprint density at radius 3 is 2.46 bits per heavy atom. The summed E-state index contributed by atoms with van der Waals surface area (Å²) in [6.45, 7) is 7.20. The number of carbonyl (C=O) groups is 1. The average molecular weight is 186 g/mol. The summed E-state index contributed by atoms with van der Waals surface area (Å²) in [4.78, 5) is 13.3. The zero-order valence-electron chi connectivity index (χ0n) is 9.26. The highest BCUT2D eigenvalue weighted by Crippen LogP contribution is 2.05. The Hall–Kier alpha value is -0.730. The first-order chi connectivity index (χ1) is 6.17. The molecule has 3 nitrogen and oxygen atoms in total. The van der Waals surface area contributed by atoms with Gasteiger partial charge in [-0.2, -0.15) is 0 Å². The molecule has 0 saturated heterocycles. The highest BCUT2D eigenvalue weighted by molar-refractivity contribution is 5.74. The van der Waals surface area contributed by atoms with E-state index in [9.17, 15) is 4.79 Å². The van der Waals surface area contributed by atoms with Crippen LogP contribution < -0.4 is 5.32 Å². The molecule has 0 saturated carbocycles. The Morgan fingerprint density at radius 1 is 1.46 bits per heavy atom. The van der Waals surface area contributed by atoms with E-state index in [-0.39, 0.29) is 6.03 Å². The van der Waals surface area contributed by atoms with Crippen molar-refractivity contribution in [2.75, 3.05) is 13.6 Å². The van der Waals surface area contributed by atoms with Gasteiger partial charge < -0.3 is 10.2 Å². The van der Waals surface area contributed by atoms with Gasteiger partial charge >= 0.3 is 6.03 Å². The van der Waals surface area contributed by atoms with Crippen molar-refractivity contribution in [1.82, 2.24) is 10.2 Å². The predicted octanol–water partition coefficient (Wildman–Crippen LogP) is 2.23. The van der Waals surface area contributed by atoms with Crippen LogP contribution in [0.25, 0.3) is 0 Å². The summed E-state index contributed by atoms with van der Waals surface area (Å²) in [5.74, 6) is 0. The van der Waals surface area contributed by atoms with Crippen LogP contribution >= 0.6 is 0 Å². The SMILES string of the molecule is CCCCN(C(=O)NC)C(C)CC. The Balaban J connectivity index is 4.09. The molecular formula is C10H22N2O. The Bertz CT molecular complexity index is 148. The number of amides is 2. The summed E-state index contributed by atoms with van der Waals surface area (Å²) in [6.07, 6.45) is 3.22. The summed E-state index contributed by atoms with van der Waals surface area (Å²) >= 11 is 0. The van der Waals surface area contributed by atoms with Crippen LogP contribution in [-0.2, 0) is 0 Å². The van der Waals surface area contributed by atoms with Crippen molar-refractivity contribution in [3.05, 3.63) is 0 Å². The van der Waals surface area contributed by atoms with Gasteiger partial charge in [0, 0.05) is 19.6 Å². The fraction of sp³-hybridized carbons (Fsp3) is 0.900. The lowest BCUT2D eigenvalue weighted by molar-refractivity contribution is 0.178. The van der Waals surface area contributed by atoms with Gasteiger partial charge in [0.2, 0.25) is 0 Å². The minimum Gasteiger partial charge on any atom is -0.341 e. The van der Waals surface area contributed by atoms with E-state index in [0.29, 0.717) is 6.04 Å². The molecular weight excluding hydrogens is 164 g/mol. The molecule has 0 spiro atoms. The van der Waals surface area contributed by atoms with Gasteiger partial charge in [-0.1, -0.05) is 20.3 Å². The van der Waals surface area contributed by atoms with Gasteiger partial charge in [0.25, 0.3) is 0 Å². The number of unbranched alkanes of at least 4 members (excludes halogenated alkanes) is 1. The molecule has 0 aliphatic rings. The lowest BCUT2D eigenvalue weighted by Gasteiger charge is -2.27. The van der Waals surface area contributed by atoms with E-state index in [1.807, 2.05) is 4.90 Å². The zero-order valence-corrected chi connectivity index (χ0v) is 9.26. The van der Waals surface area contributed by atoms with Gasteiger partial charge in [0.05, 0.1) is 0 Å². The molecule has 0 fully saturated rings. The molecule has 0 aliphatic heterocycles. The second kappa shape index (κ2) is 6.75. The second-order valence-electron chi connectivity index (χ2n) is 3.36. The minimum absolute atomic E-state index is 0.0443. The maximum atomic E-state index is 11.4. The van der Waals surface area contributed by atoms with Crippen LogP contribution in [0.5, 0.6) is 0 Å². The van der Waals surface area contributed by atoms with E-state index in [4.69, 9.17) is 0 Å². The summed E-state index contributed by atoms with van der Waals surface area (Å²) in [6, 6.07) is 0.384. The van der Waals surface area contributed by atoms with Crippen LogP contribution in [-0.4, -0.2) is 30.6 Å². The third-order valence-corrected chi connectivity index (χ3v) is 2.35. The predicted molar refractivity (Wildman–Crippen MR) is 55.8 cm³/mol. The molecule has 78 valence electrons. The maximum Gasteiger partial charge on any atom is 0.317 e. The first kappa shape index (κ1) is 12.3. The van der Waals surface area contributed by atoms with Crippen LogP contribution in [0.4, 0.5) is 4.79 Å². The van der Waals surface area contributed by atoms with Crippen LogP contribution in [0.2, 0.25) is 0 Å². The molecule has 0 radical (unpaired) electrons. The van der Waals surface area contributed by atoms with E-state index in [1.54, 1.807) is 7.05 Å². The van der Waals surface area contributed by atoms with Crippen molar-refractivity contribution in [2.45, 2.75) is 46.1 Å². The molecule has 1 unspecified atom stereocenters. The smallest absolute Gasteiger partial charge is 0.317 e. The molecule has 0 aromatic heterocycles. The topological polar surface area (TPSA) is 32.3 Å². The number of nitrogens with zero attached hydrogens (tertiary/aromatic N) is 1. The van der Waals surface area contributed by atoms with E-state index in [0.717, 1.165) is 25.8 Å². The Kier molecular flexibility index (Phi) is 6.37. The molecule has 3 heteroatoms. The summed E-state index contributed by atoms with van der Waals surface area (Å²) in [7, 11) is 1.68. The summed E-state index contributed by atoms with van der Waals surface area (Å²) in [5, 5.41) is 2.68. The molecule has 0 aromatic carbocycles. The number of nitrogens with one attached hydrogen (secondary N) is 1. The van der Waals surface area contributed by atoms with Gasteiger partial charge in [-0.25, -0.2) is 4.79 Å². The third kappa shape index (κ3) is 4.15. The molecule has 0 aliphatic carbocycles. The standard InChI is InChI=1S/C10H22N2O/c1-5-7-8-12(9(3)6-2)10(13)11-4/h9H,5-8H2,1-4H3,(H,11,13). The number of hydrogen-bond donors (Lipinski definition) is 1. The molecule has 13 heavy (non-hydrogen) atoms. The molecule has 0 rings (SSSR count). The van der Waals surface area contributed by atoms with Crippen molar-refractivity contribution in [1.29, 1.82) is 0 Å². The summed E-state index contributed by atoms with van der Waals surface area (Å²) < 4.78 is 0.